The first kappa shape index (κ1) is 12.2. The summed E-state index contributed by atoms with van der Waals surface area (Å²) in [5.41, 5.74) is 5.34. The Morgan fingerprint density at radius 3 is 2.50 bits per heavy atom. The Bertz CT molecular complexity index is 404. The third-order valence-electron chi connectivity index (χ3n) is 1.78. The van der Waals surface area contributed by atoms with E-state index in [4.69, 9.17) is 10.8 Å². The summed E-state index contributed by atoms with van der Waals surface area (Å²) >= 11 is 0. The Labute approximate surface area is 88.9 Å². The van der Waals surface area contributed by atoms with Gasteiger partial charge in [-0.25, -0.2) is 4.79 Å². The molecule has 0 atom stereocenters. The standard InChI is InChI=1S/C9H9F3N2O2/c10-9(11,12)4-14-7-2-1-5(8(15)16)3-6(7)13/h1-3,14H,4,13H2,(H,15,16). The van der Waals surface area contributed by atoms with Crippen molar-refractivity contribution in [1.82, 2.24) is 0 Å². The predicted octanol–water partition coefficient (Wildman–Crippen LogP) is 1.94. The summed E-state index contributed by atoms with van der Waals surface area (Å²) in [6.07, 6.45) is -4.35. The molecule has 0 saturated carbocycles. The summed E-state index contributed by atoms with van der Waals surface area (Å²) in [6.45, 7) is -1.22. The molecule has 0 radical (unpaired) electrons. The lowest BCUT2D eigenvalue weighted by molar-refractivity contribution is -0.115. The number of rotatable bonds is 3. The number of nitrogen functional groups attached to an aromatic ring is 1. The number of alkyl halides is 3. The number of carbonyl (C=O) groups is 1. The first-order chi connectivity index (χ1) is 7.29. The van der Waals surface area contributed by atoms with Gasteiger partial charge in [0, 0.05) is 0 Å². The minimum Gasteiger partial charge on any atom is -0.478 e. The van der Waals surface area contributed by atoms with Crippen LogP contribution in [0.4, 0.5) is 24.5 Å². The largest absolute Gasteiger partial charge is 0.478 e. The van der Waals surface area contributed by atoms with Gasteiger partial charge in [0.25, 0.3) is 0 Å². The zero-order valence-electron chi connectivity index (χ0n) is 8.01. The van der Waals surface area contributed by atoms with Crippen LogP contribution < -0.4 is 11.1 Å². The molecule has 88 valence electrons. The van der Waals surface area contributed by atoms with E-state index in [-0.39, 0.29) is 16.9 Å². The van der Waals surface area contributed by atoms with Gasteiger partial charge in [-0.1, -0.05) is 0 Å². The maximum Gasteiger partial charge on any atom is 0.405 e. The van der Waals surface area contributed by atoms with E-state index in [1.54, 1.807) is 0 Å². The summed E-state index contributed by atoms with van der Waals surface area (Å²) in [7, 11) is 0. The molecule has 0 fully saturated rings. The highest BCUT2D eigenvalue weighted by Crippen LogP contribution is 2.22. The topological polar surface area (TPSA) is 75.4 Å². The van der Waals surface area contributed by atoms with E-state index in [0.717, 1.165) is 6.07 Å². The molecule has 16 heavy (non-hydrogen) atoms. The number of benzene rings is 1. The smallest absolute Gasteiger partial charge is 0.405 e. The van der Waals surface area contributed by atoms with Gasteiger partial charge in [0.15, 0.2) is 0 Å². The average molecular weight is 234 g/mol. The monoisotopic (exact) mass is 234 g/mol. The molecule has 7 heteroatoms. The molecule has 4 nitrogen and oxygen atoms in total. The van der Waals surface area contributed by atoms with E-state index in [0.29, 0.717) is 0 Å². The Balaban J connectivity index is 2.80. The fourth-order valence-electron chi connectivity index (χ4n) is 1.05. The van der Waals surface area contributed by atoms with Crippen molar-refractivity contribution in [2.45, 2.75) is 6.18 Å². The maximum absolute atomic E-state index is 11.9. The van der Waals surface area contributed by atoms with Crippen molar-refractivity contribution in [2.24, 2.45) is 0 Å². The first-order valence-corrected chi connectivity index (χ1v) is 4.23. The molecule has 0 saturated heterocycles. The van der Waals surface area contributed by atoms with Crippen molar-refractivity contribution in [2.75, 3.05) is 17.6 Å². The lowest BCUT2D eigenvalue weighted by atomic mass is 10.2. The number of aromatic carboxylic acids is 1. The third-order valence-corrected chi connectivity index (χ3v) is 1.78. The van der Waals surface area contributed by atoms with Crippen LogP contribution in [0.3, 0.4) is 0 Å². The van der Waals surface area contributed by atoms with Crippen LogP contribution in [-0.4, -0.2) is 23.8 Å². The number of hydrogen-bond donors (Lipinski definition) is 3. The zero-order chi connectivity index (χ0) is 12.3. The zero-order valence-corrected chi connectivity index (χ0v) is 8.01. The number of nitrogens with two attached hydrogens (primary N) is 1. The second-order valence-electron chi connectivity index (χ2n) is 3.08. The minimum atomic E-state index is -4.35. The molecule has 1 aromatic rings. The Hall–Kier alpha value is -1.92. The first-order valence-electron chi connectivity index (χ1n) is 4.23. The van der Waals surface area contributed by atoms with Crippen molar-refractivity contribution < 1.29 is 23.1 Å². The number of carboxylic acids is 1. The van der Waals surface area contributed by atoms with Crippen LogP contribution in [-0.2, 0) is 0 Å². The highest BCUT2D eigenvalue weighted by molar-refractivity contribution is 5.90. The van der Waals surface area contributed by atoms with Gasteiger partial charge in [-0.2, -0.15) is 13.2 Å². The number of halogens is 3. The normalized spacial score (nSPS) is 11.2. The second-order valence-corrected chi connectivity index (χ2v) is 3.08. The van der Waals surface area contributed by atoms with Crippen LogP contribution in [0.5, 0.6) is 0 Å². The molecule has 0 aliphatic carbocycles. The molecule has 0 unspecified atom stereocenters. The SMILES string of the molecule is Nc1cc(C(=O)O)ccc1NCC(F)(F)F. The van der Waals surface area contributed by atoms with Crippen molar-refractivity contribution >= 4 is 17.3 Å². The van der Waals surface area contributed by atoms with E-state index in [2.05, 4.69) is 5.32 Å². The van der Waals surface area contributed by atoms with E-state index in [1.807, 2.05) is 0 Å². The Morgan fingerprint density at radius 1 is 1.44 bits per heavy atom. The van der Waals surface area contributed by atoms with E-state index >= 15 is 0 Å². The molecule has 0 amide bonds. The number of anilines is 2. The molecular formula is C9H9F3N2O2. The number of nitrogens with one attached hydrogen (secondary N) is 1. The predicted molar refractivity (Wildman–Crippen MR) is 52.4 cm³/mol. The molecule has 4 N–H and O–H groups in total. The molecule has 0 aliphatic rings. The van der Waals surface area contributed by atoms with Crippen LogP contribution >= 0.6 is 0 Å². The lowest BCUT2D eigenvalue weighted by Gasteiger charge is -2.11. The molecule has 0 spiro atoms. The van der Waals surface area contributed by atoms with Crippen LogP contribution in [0, 0.1) is 0 Å². The number of carboxylic acid groups (broad SMARTS) is 1. The Morgan fingerprint density at radius 2 is 2.06 bits per heavy atom. The fraction of sp³-hybridized carbons (Fsp3) is 0.222. The van der Waals surface area contributed by atoms with Gasteiger partial charge in [0.05, 0.1) is 16.9 Å². The van der Waals surface area contributed by atoms with Gasteiger partial charge in [-0.05, 0) is 18.2 Å². The van der Waals surface area contributed by atoms with Crippen LogP contribution in [0.25, 0.3) is 0 Å². The summed E-state index contributed by atoms with van der Waals surface area (Å²) in [6, 6.07) is 3.48. The summed E-state index contributed by atoms with van der Waals surface area (Å²) in [4.78, 5) is 10.5. The lowest BCUT2D eigenvalue weighted by Crippen LogP contribution is -2.21. The van der Waals surface area contributed by atoms with Crippen LogP contribution in [0.2, 0.25) is 0 Å². The average Bonchev–Trinajstić information content (AvgIpc) is 2.14. The molecule has 0 heterocycles. The van der Waals surface area contributed by atoms with Crippen LogP contribution in [0.15, 0.2) is 18.2 Å². The summed E-state index contributed by atoms with van der Waals surface area (Å²) in [5, 5.41) is 10.7. The van der Waals surface area contributed by atoms with Gasteiger partial charge >= 0.3 is 12.1 Å². The molecule has 0 bridgehead atoms. The van der Waals surface area contributed by atoms with E-state index in [9.17, 15) is 18.0 Å². The molecule has 0 aliphatic heterocycles. The number of hydrogen-bond acceptors (Lipinski definition) is 3. The highest BCUT2D eigenvalue weighted by atomic mass is 19.4. The van der Waals surface area contributed by atoms with E-state index < -0.39 is 18.7 Å². The quantitative estimate of drug-likeness (QED) is 0.698. The van der Waals surface area contributed by atoms with Gasteiger partial charge in [0.1, 0.15) is 6.54 Å². The van der Waals surface area contributed by atoms with Gasteiger partial charge in [-0.3, -0.25) is 0 Å². The van der Waals surface area contributed by atoms with Crippen molar-refractivity contribution in [3.8, 4) is 0 Å². The van der Waals surface area contributed by atoms with Crippen molar-refractivity contribution in [3.63, 3.8) is 0 Å². The Kier molecular flexibility index (Phi) is 3.26. The molecule has 1 aromatic carbocycles. The van der Waals surface area contributed by atoms with Gasteiger partial charge < -0.3 is 16.2 Å². The van der Waals surface area contributed by atoms with E-state index in [1.165, 1.54) is 12.1 Å². The summed E-state index contributed by atoms with van der Waals surface area (Å²) < 4.78 is 35.6. The van der Waals surface area contributed by atoms with Crippen LogP contribution in [0.1, 0.15) is 10.4 Å². The van der Waals surface area contributed by atoms with Gasteiger partial charge in [-0.15, -0.1) is 0 Å². The maximum atomic E-state index is 11.9. The molecular weight excluding hydrogens is 225 g/mol. The third kappa shape index (κ3) is 3.34. The molecule has 1 rings (SSSR count). The summed E-state index contributed by atoms with van der Waals surface area (Å²) in [5.74, 6) is -1.19. The molecule has 0 aromatic heterocycles. The highest BCUT2D eigenvalue weighted by Gasteiger charge is 2.26. The minimum absolute atomic E-state index is 0.0378. The van der Waals surface area contributed by atoms with Crippen molar-refractivity contribution in [3.05, 3.63) is 23.8 Å². The van der Waals surface area contributed by atoms with Crippen molar-refractivity contribution in [1.29, 1.82) is 0 Å². The fourth-order valence-corrected chi connectivity index (χ4v) is 1.05. The van der Waals surface area contributed by atoms with Gasteiger partial charge in [0.2, 0.25) is 0 Å². The second kappa shape index (κ2) is 4.30.